The van der Waals surface area contributed by atoms with E-state index in [0.717, 1.165) is 31.6 Å². The Labute approximate surface area is 121 Å². The van der Waals surface area contributed by atoms with Crippen molar-refractivity contribution in [2.45, 2.75) is 31.7 Å². The average Bonchev–Trinajstić information content (AvgIpc) is 2.45. The molecule has 1 fully saturated rings. The number of aryl methyl sites for hydroxylation is 1. The molecule has 0 radical (unpaired) electrons. The Kier molecular flexibility index (Phi) is 5.01. The Morgan fingerprint density at radius 2 is 2.10 bits per heavy atom. The van der Waals surface area contributed by atoms with Gasteiger partial charge in [-0.15, -0.1) is 0 Å². The van der Waals surface area contributed by atoms with Crippen LogP contribution < -0.4 is 5.73 Å². The first-order chi connectivity index (χ1) is 9.56. The van der Waals surface area contributed by atoms with Crippen molar-refractivity contribution in [3.63, 3.8) is 0 Å². The number of amides is 1. The van der Waals surface area contributed by atoms with Crippen LogP contribution in [0.1, 0.15) is 24.8 Å². The first kappa shape index (κ1) is 14.9. The molecule has 1 saturated heterocycles. The van der Waals surface area contributed by atoms with Crippen LogP contribution in [0, 0.1) is 0 Å². The molecule has 1 aliphatic rings. The van der Waals surface area contributed by atoms with E-state index in [4.69, 9.17) is 5.73 Å². The predicted octanol–water partition coefficient (Wildman–Crippen LogP) is 1.75. The minimum atomic E-state index is 0.238. The highest BCUT2D eigenvalue weighted by Gasteiger charge is 2.23. The van der Waals surface area contributed by atoms with Crippen LogP contribution in [0.15, 0.2) is 24.3 Å². The number of hydrogen-bond acceptors (Lipinski definition) is 3. The predicted molar refractivity (Wildman–Crippen MR) is 82.5 cm³/mol. The lowest BCUT2D eigenvalue weighted by atomic mass is 10.0. The molecule has 1 aromatic rings. The third-order valence-electron chi connectivity index (χ3n) is 4.15. The van der Waals surface area contributed by atoms with Crippen LogP contribution in [0.5, 0.6) is 0 Å². The highest BCUT2D eigenvalue weighted by Crippen LogP contribution is 2.15. The van der Waals surface area contributed by atoms with Crippen molar-refractivity contribution < 1.29 is 4.79 Å². The molecule has 1 amide bonds. The summed E-state index contributed by atoms with van der Waals surface area (Å²) in [5, 5.41) is 0. The fourth-order valence-electron chi connectivity index (χ4n) is 2.77. The third kappa shape index (κ3) is 3.97. The molecule has 1 heterocycles. The number of carbonyl (C=O) groups is 1. The van der Waals surface area contributed by atoms with E-state index in [1.165, 1.54) is 12.0 Å². The molecular weight excluding hydrogens is 250 g/mol. The first-order valence-corrected chi connectivity index (χ1v) is 7.35. The second-order valence-electron chi connectivity index (χ2n) is 5.80. The second kappa shape index (κ2) is 6.75. The summed E-state index contributed by atoms with van der Waals surface area (Å²) in [5.74, 6) is 0.238. The summed E-state index contributed by atoms with van der Waals surface area (Å²) in [6.45, 7) is 2.13. The number of anilines is 1. The standard InChI is InChI=1S/C16H25N3O/c1-18-11-3-4-15(12-18)19(2)16(20)10-7-13-5-8-14(17)9-6-13/h5-6,8-9,15H,3-4,7,10-12,17H2,1-2H3. The van der Waals surface area contributed by atoms with Crippen LogP contribution >= 0.6 is 0 Å². The van der Waals surface area contributed by atoms with Gasteiger partial charge in [0, 0.05) is 31.7 Å². The number of benzene rings is 1. The van der Waals surface area contributed by atoms with Crippen molar-refractivity contribution in [1.82, 2.24) is 9.80 Å². The molecule has 2 rings (SSSR count). The molecule has 0 bridgehead atoms. The maximum absolute atomic E-state index is 12.3. The zero-order valence-electron chi connectivity index (χ0n) is 12.5. The van der Waals surface area contributed by atoms with E-state index in [0.29, 0.717) is 12.5 Å². The van der Waals surface area contributed by atoms with Gasteiger partial charge in [-0.25, -0.2) is 0 Å². The number of likely N-dealkylation sites (N-methyl/N-ethyl adjacent to an activating group) is 2. The molecule has 4 heteroatoms. The van der Waals surface area contributed by atoms with E-state index in [1.54, 1.807) is 0 Å². The Bertz CT molecular complexity index is 444. The SMILES string of the molecule is CN1CCCC(N(C)C(=O)CCc2ccc(N)cc2)C1. The minimum absolute atomic E-state index is 0.238. The molecule has 0 saturated carbocycles. The van der Waals surface area contributed by atoms with Gasteiger partial charge in [0.1, 0.15) is 0 Å². The molecule has 1 unspecified atom stereocenters. The highest BCUT2D eigenvalue weighted by atomic mass is 16.2. The summed E-state index contributed by atoms with van der Waals surface area (Å²) in [6.07, 6.45) is 3.65. The van der Waals surface area contributed by atoms with Crippen LogP contribution in [-0.4, -0.2) is 48.9 Å². The van der Waals surface area contributed by atoms with E-state index in [2.05, 4.69) is 11.9 Å². The van der Waals surface area contributed by atoms with Crippen molar-refractivity contribution in [2.24, 2.45) is 0 Å². The molecule has 4 nitrogen and oxygen atoms in total. The smallest absolute Gasteiger partial charge is 0.222 e. The zero-order chi connectivity index (χ0) is 14.5. The van der Waals surface area contributed by atoms with Crippen LogP contribution in [0.4, 0.5) is 5.69 Å². The minimum Gasteiger partial charge on any atom is -0.399 e. The largest absolute Gasteiger partial charge is 0.399 e. The fourth-order valence-corrected chi connectivity index (χ4v) is 2.77. The van der Waals surface area contributed by atoms with Gasteiger partial charge in [-0.05, 0) is 50.6 Å². The van der Waals surface area contributed by atoms with Crippen LogP contribution in [0.3, 0.4) is 0 Å². The summed E-state index contributed by atoms with van der Waals surface area (Å²) < 4.78 is 0. The summed E-state index contributed by atoms with van der Waals surface area (Å²) >= 11 is 0. The van der Waals surface area contributed by atoms with Crippen LogP contribution in [-0.2, 0) is 11.2 Å². The molecule has 1 aliphatic heterocycles. The Hall–Kier alpha value is -1.55. The lowest BCUT2D eigenvalue weighted by Crippen LogP contribution is -2.47. The van der Waals surface area contributed by atoms with Crippen molar-refractivity contribution in [2.75, 3.05) is 32.9 Å². The number of nitrogens with zero attached hydrogens (tertiary/aromatic N) is 2. The summed E-state index contributed by atoms with van der Waals surface area (Å²) in [5.41, 5.74) is 7.60. The highest BCUT2D eigenvalue weighted by molar-refractivity contribution is 5.76. The van der Waals surface area contributed by atoms with Gasteiger partial charge in [0.25, 0.3) is 0 Å². The number of nitrogen functional groups attached to an aromatic ring is 1. The molecule has 20 heavy (non-hydrogen) atoms. The second-order valence-corrected chi connectivity index (χ2v) is 5.80. The number of piperidine rings is 1. The van der Waals surface area contributed by atoms with Crippen molar-refractivity contribution in [3.8, 4) is 0 Å². The van der Waals surface area contributed by atoms with Gasteiger partial charge in [0.05, 0.1) is 0 Å². The monoisotopic (exact) mass is 275 g/mol. The summed E-state index contributed by atoms with van der Waals surface area (Å²) in [6, 6.07) is 8.14. The van der Waals surface area contributed by atoms with Gasteiger partial charge in [-0.1, -0.05) is 12.1 Å². The lowest BCUT2D eigenvalue weighted by molar-refractivity contribution is -0.132. The van der Waals surface area contributed by atoms with E-state index in [-0.39, 0.29) is 5.91 Å². The summed E-state index contributed by atoms with van der Waals surface area (Å²) in [7, 11) is 4.06. The van der Waals surface area contributed by atoms with Gasteiger partial charge in [0.2, 0.25) is 5.91 Å². The third-order valence-corrected chi connectivity index (χ3v) is 4.15. The first-order valence-electron chi connectivity index (χ1n) is 7.35. The molecule has 2 N–H and O–H groups in total. The number of nitrogens with two attached hydrogens (primary N) is 1. The average molecular weight is 275 g/mol. The molecular formula is C16H25N3O. The van der Waals surface area contributed by atoms with Gasteiger partial charge >= 0.3 is 0 Å². The van der Waals surface area contributed by atoms with Crippen molar-refractivity contribution in [1.29, 1.82) is 0 Å². The van der Waals surface area contributed by atoms with Crippen LogP contribution in [0.25, 0.3) is 0 Å². The van der Waals surface area contributed by atoms with E-state index in [9.17, 15) is 4.79 Å². The maximum atomic E-state index is 12.3. The Morgan fingerprint density at radius 1 is 1.40 bits per heavy atom. The lowest BCUT2D eigenvalue weighted by Gasteiger charge is -2.36. The van der Waals surface area contributed by atoms with Crippen molar-refractivity contribution in [3.05, 3.63) is 29.8 Å². The van der Waals surface area contributed by atoms with Gasteiger partial charge in [0.15, 0.2) is 0 Å². The van der Waals surface area contributed by atoms with Gasteiger partial charge in [-0.2, -0.15) is 0 Å². The quantitative estimate of drug-likeness (QED) is 0.852. The van der Waals surface area contributed by atoms with Crippen molar-refractivity contribution >= 4 is 11.6 Å². The number of hydrogen-bond donors (Lipinski definition) is 1. The molecule has 0 aromatic heterocycles. The van der Waals surface area contributed by atoms with Crippen LogP contribution in [0.2, 0.25) is 0 Å². The number of rotatable bonds is 4. The number of likely N-dealkylation sites (tertiary alicyclic amines) is 1. The molecule has 0 spiro atoms. The van der Waals surface area contributed by atoms with E-state index in [1.807, 2.05) is 36.2 Å². The number of carbonyl (C=O) groups excluding carboxylic acids is 1. The fraction of sp³-hybridized carbons (Fsp3) is 0.562. The normalized spacial score (nSPS) is 19.8. The van der Waals surface area contributed by atoms with Gasteiger partial charge in [-0.3, -0.25) is 4.79 Å². The molecule has 1 atom stereocenters. The van der Waals surface area contributed by atoms with Gasteiger partial charge < -0.3 is 15.5 Å². The molecule has 1 aromatic carbocycles. The summed E-state index contributed by atoms with van der Waals surface area (Å²) in [4.78, 5) is 16.5. The molecule has 110 valence electrons. The van der Waals surface area contributed by atoms with E-state index < -0.39 is 0 Å². The molecule has 0 aliphatic carbocycles. The zero-order valence-corrected chi connectivity index (χ0v) is 12.5. The Morgan fingerprint density at radius 3 is 2.75 bits per heavy atom. The topological polar surface area (TPSA) is 49.6 Å². The maximum Gasteiger partial charge on any atom is 0.222 e. The Balaban J connectivity index is 1.83. The van der Waals surface area contributed by atoms with E-state index >= 15 is 0 Å².